The molecular weight excluding hydrogens is 312 g/mol. The van der Waals surface area contributed by atoms with Crippen molar-refractivity contribution in [1.29, 1.82) is 0 Å². The molecule has 24 heavy (non-hydrogen) atoms. The average molecular weight is 342 g/mol. The van der Waals surface area contributed by atoms with Crippen LogP contribution in [0.15, 0.2) is 0 Å². The molecule has 0 aromatic rings. The summed E-state index contributed by atoms with van der Waals surface area (Å²) >= 11 is 0. The predicted octanol–water partition coefficient (Wildman–Crippen LogP) is 1.95. The maximum atomic E-state index is 12.0. The van der Waals surface area contributed by atoms with Crippen LogP contribution in [0.1, 0.15) is 46.5 Å². The molecule has 0 aromatic carbocycles. The Balaban J connectivity index is 1.67. The number of likely N-dealkylation sites (tertiary alicyclic amines) is 2. The van der Waals surface area contributed by atoms with Crippen molar-refractivity contribution in [3.05, 3.63) is 0 Å². The number of carbonyl (C=O) groups is 2. The van der Waals surface area contributed by atoms with Gasteiger partial charge in [0.1, 0.15) is 5.60 Å². The summed E-state index contributed by atoms with van der Waals surface area (Å²) in [5, 5.41) is 8.82. The minimum atomic E-state index is -0.774. The number of amides is 1. The number of aliphatic carboxylic acids is 1. The van der Waals surface area contributed by atoms with Crippen molar-refractivity contribution in [2.24, 2.45) is 0 Å². The van der Waals surface area contributed by atoms with Crippen molar-refractivity contribution in [3.8, 4) is 0 Å². The molecule has 2 heterocycles. The third-order valence-corrected chi connectivity index (χ3v) is 4.37. The highest BCUT2D eigenvalue weighted by Crippen LogP contribution is 2.22. The third kappa shape index (κ3) is 6.28. The lowest BCUT2D eigenvalue weighted by Crippen LogP contribution is -2.45. The van der Waals surface area contributed by atoms with Crippen LogP contribution >= 0.6 is 0 Å². The predicted molar refractivity (Wildman–Crippen MR) is 89.0 cm³/mol. The molecule has 7 heteroatoms. The summed E-state index contributed by atoms with van der Waals surface area (Å²) in [4.78, 5) is 26.5. The summed E-state index contributed by atoms with van der Waals surface area (Å²) in [7, 11) is 0. The van der Waals surface area contributed by atoms with E-state index in [1.54, 1.807) is 4.90 Å². The van der Waals surface area contributed by atoms with Crippen LogP contribution in [0.5, 0.6) is 0 Å². The third-order valence-electron chi connectivity index (χ3n) is 4.37. The van der Waals surface area contributed by atoms with Crippen molar-refractivity contribution in [2.45, 2.75) is 64.3 Å². The van der Waals surface area contributed by atoms with Crippen LogP contribution in [-0.2, 0) is 14.3 Å². The van der Waals surface area contributed by atoms with E-state index in [2.05, 4.69) is 0 Å². The fourth-order valence-electron chi connectivity index (χ4n) is 3.17. The molecule has 0 aliphatic carbocycles. The van der Waals surface area contributed by atoms with Gasteiger partial charge in [0.25, 0.3) is 0 Å². The molecular formula is C17H30N2O5. The normalized spacial score (nSPS) is 21.7. The van der Waals surface area contributed by atoms with E-state index in [1.807, 2.05) is 25.7 Å². The minimum absolute atomic E-state index is 0.112. The van der Waals surface area contributed by atoms with Crippen LogP contribution in [0.3, 0.4) is 0 Å². The number of ether oxygens (including phenoxy) is 2. The number of piperidine rings is 2. The Labute approximate surface area is 143 Å². The molecule has 138 valence electrons. The number of carboxylic acids is 1. The Hall–Kier alpha value is -1.34. The maximum Gasteiger partial charge on any atom is 0.410 e. The molecule has 2 aliphatic heterocycles. The van der Waals surface area contributed by atoms with Gasteiger partial charge >= 0.3 is 12.1 Å². The molecule has 2 aliphatic rings. The Morgan fingerprint density at radius 2 is 1.50 bits per heavy atom. The van der Waals surface area contributed by atoms with Gasteiger partial charge in [-0.1, -0.05) is 0 Å². The van der Waals surface area contributed by atoms with Crippen LogP contribution in [0.2, 0.25) is 0 Å². The van der Waals surface area contributed by atoms with E-state index in [4.69, 9.17) is 14.6 Å². The van der Waals surface area contributed by atoms with Gasteiger partial charge < -0.3 is 19.5 Å². The lowest BCUT2D eigenvalue weighted by molar-refractivity contribution is -0.139. The van der Waals surface area contributed by atoms with Crippen LogP contribution in [0, 0.1) is 0 Å². The van der Waals surface area contributed by atoms with Crippen LogP contribution in [0.25, 0.3) is 0 Å². The van der Waals surface area contributed by atoms with E-state index in [0.717, 1.165) is 38.8 Å². The molecule has 2 fully saturated rings. The lowest BCUT2D eigenvalue weighted by atomic mass is 10.0. The van der Waals surface area contributed by atoms with Gasteiger partial charge in [0.15, 0.2) is 0 Å². The quantitative estimate of drug-likeness (QED) is 0.841. The number of hydrogen-bond acceptors (Lipinski definition) is 5. The summed E-state index contributed by atoms with van der Waals surface area (Å²) in [5.41, 5.74) is -0.464. The molecule has 2 saturated heterocycles. The zero-order valence-electron chi connectivity index (χ0n) is 15.0. The van der Waals surface area contributed by atoms with Gasteiger partial charge in [-0.25, -0.2) is 4.79 Å². The molecule has 0 bridgehead atoms. The zero-order chi connectivity index (χ0) is 17.7. The van der Waals surface area contributed by atoms with Gasteiger partial charge in [0.2, 0.25) is 0 Å². The first-order valence-corrected chi connectivity index (χ1v) is 8.80. The van der Waals surface area contributed by atoms with Crippen molar-refractivity contribution < 1.29 is 24.2 Å². The largest absolute Gasteiger partial charge is 0.480 e. The topological polar surface area (TPSA) is 79.3 Å². The fourth-order valence-corrected chi connectivity index (χ4v) is 3.17. The molecule has 0 radical (unpaired) electrons. The number of nitrogens with zero attached hydrogens (tertiary/aromatic N) is 2. The molecule has 0 atom stereocenters. The second kappa shape index (κ2) is 8.16. The smallest absolute Gasteiger partial charge is 0.410 e. The minimum Gasteiger partial charge on any atom is -0.480 e. The highest BCUT2D eigenvalue weighted by molar-refractivity contribution is 5.69. The fraction of sp³-hybridized carbons (Fsp3) is 0.882. The first-order chi connectivity index (χ1) is 11.2. The highest BCUT2D eigenvalue weighted by atomic mass is 16.6. The lowest BCUT2D eigenvalue weighted by Gasteiger charge is -2.37. The Morgan fingerprint density at radius 1 is 1.00 bits per heavy atom. The van der Waals surface area contributed by atoms with E-state index in [9.17, 15) is 9.59 Å². The van der Waals surface area contributed by atoms with Crippen molar-refractivity contribution in [1.82, 2.24) is 9.80 Å². The van der Waals surface area contributed by atoms with E-state index in [-0.39, 0.29) is 24.8 Å². The van der Waals surface area contributed by atoms with Crippen molar-refractivity contribution in [3.63, 3.8) is 0 Å². The maximum absolute atomic E-state index is 12.0. The van der Waals surface area contributed by atoms with Gasteiger partial charge in [-0.05, 0) is 46.5 Å². The average Bonchev–Trinajstić information content (AvgIpc) is 2.48. The SMILES string of the molecule is CC(C)(C)OC(=O)N1CCC(OC2CCN(CC(=O)O)CC2)CC1. The molecule has 1 N–H and O–H groups in total. The van der Waals surface area contributed by atoms with Crippen LogP contribution in [-0.4, -0.2) is 77.5 Å². The Kier molecular flexibility index (Phi) is 6.46. The summed E-state index contributed by atoms with van der Waals surface area (Å²) in [6.07, 6.45) is 3.54. The van der Waals surface area contributed by atoms with Gasteiger partial charge in [0, 0.05) is 26.2 Å². The zero-order valence-corrected chi connectivity index (χ0v) is 15.0. The monoisotopic (exact) mass is 342 g/mol. The number of hydrogen-bond donors (Lipinski definition) is 1. The van der Waals surface area contributed by atoms with E-state index < -0.39 is 11.6 Å². The molecule has 0 unspecified atom stereocenters. The van der Waals surface area contributed by atoms with Crippen molar-refractivity contribution in [2.75, 3.05) is 32.7 Å². The Morgan fingerprint density at radius 3 is 1.96 bits per heavy atom. The molecule has 2 rings (SSSR count). The molecule has 0 saturated carbocycles. The summed E-state index contributed by atoms with van der Waals surface area (Å²) in [5.74, 6) is -0.774. The molecule has 0 spiro atoms. The summed E-state index contributed by atoms with van der Waals surface area (Å²) in [6, 6.07) is 0. The Bertz CT molecular complexity index is 433. The summed E-state index contributed by atoms with van der Waals surface area (Å²) in [6.45, 7) is 8.60. The molecule has 0 aromatic heterocycles. The molecule has 7 nitrogen and oxygen atoms in total. The molecule has 1 amide bonds. The highest BCUT2D eigenvalue weighted by Gasteiger charge is 2.29. The van der Waals surface area contributed by atoms with Crippen LogP contribution < -0.4 is 0 Å². The first kappa shape index (κ1) is 19.0. The number of carboxylic acid groups (broad SMARTS) is 1. The van der Waals surface area contributed by atoms with Crippen LogP contribution in [0.4, 0.5) is 4.79 Å². The standard InChI is InChI=1S/C17H30N2O5/c1-17(2,3)24-16(22)19-10-6-14(7-11-19)23-13-4-8-18(9-5-13)12-15(20)21/h13-14H,4-12H2,1-3H3,(H,20,21). The van der Waals surface area contributed by atoms with E-state index in [1.165, 1.54) is 0 Å². The van der Waals surface area contributed by atoms with Crippen molar-refractivity contribution >= 4 is 12.1 Å². The van der Waals surface area contributed by atoms with Gasteiger partial charge in [-0.15, -0.1) is 0 Å². The first-order valence-electron chi connectivity index (χ1n) is 8.80. The van der Waals surface area contributed by atoms with E-state index in [0.29, 0.717) is 13.1 Å². The number of carbonyl (C=O) groups excluding carboxylic acids is 1. The number of rotatable bonds is 4. The van der Waals surface area contributed by atoms with Gasteiger partial charge in [0.05, 0.1) is 18.8 Å². The second-order valence-corrected chi connectivity index (χ2v) is 7.67. The van der Waals surface area contributed by atoms with Gasteiger partial charge in [-0.2, -0.15) is 0 Å². The summed E-state index contributed by atoms with van der Waals surface area (Å²) < 4.78 is 11.6. The second-order valence-electron chi connectivity index (χ2n) is 7.67. The van der Waals surface area contributed by atoms with Gasteiger partial charge in [-0.3, -0.25) is 9.69 Å². The van der Waals surface area contributed by atoms with E-state index >= 15 is 0 Å².